The van der Waals surface area contributed by atoms with E-state index in [1.165, 1.54) is 48.0 Å². The van der Waals surface area contributed by atoms with E-state index < -0.39 is 0 Å². The van der Waals surface area contributed by atoms with Gasteiger partial charge in [0, 0.05) is 18.3 Å². The van der Waals surface area contributed by atoms with Crippen LogP contribution in [0.1, 0.15) is 42.4 Å². The Labute approximate surface area is 176 Å². The topological polar surface area (TPSA) is 61.5 Å². The molecule has 0 spiro atoms. The van der Waals surface area contributed by atoms with Crippen LogP contribution in [-0.2, 0) is 17.6 Å². The van der Waals surface area contributed by atoms with Crippen LogP contribution in [0.4, 0.5) is 11.5 Å². The number of H-pyrrole nitrogens is 1. The number of nitriles is 1. The Bertz CT molecular complexity index is 932. The normalized spacial score (nSPS) is 15.7. The Hall–Kier alpha value is -2.52. The average molecular weight is 408 g/mol. The number of aromatic amines is 1. The lowest BCUT2D eigenvalue weighted by molar-refractivity contribution is -0.414. The molecule has 1 aliphatic carbocycles. The van der Waals surface area contributed by atoms with Gasteiger partial charge in [0.2, 0.25) is 5.91 Å². The number of aromatic nitrogens is 1. The van der Waals surface area contributed by atoms with Crippen LogP contribution in [0.15, 0.2) is 35.4 Å². The Morgan fingerprint density at radius 2 is 1.83 bits per heavy atom. The summed E-state index contributed by atoms with van der Waals surface area (Å²) < 4.78 is 0. The SMILES string of the molecule is CN(C(=O)CSc1[nH+]c(N2CCCC2)c2c(c1C#N)CCCC2)c1ccccc1. The number of amides is 1. The van der Waals surface area contributed by atoms with Crippen LogP contribution in [0.2, 0.25) is 0 Å². The van der Waals surface area contributed by atoms with Gasteiger partial charge >= 0.3 is 0 Å². The van der Waals surface area contributed by atoms with Crippen LogP contribution < -0.4 is 14.8 Å². The van der Waals surface area contributed by atoms with Crippen molar-refractivity contribution >= 4 is 29.2 Å². The van der Waals surface area contributed by atoms with Crippen molar-refractivity contribution in [2.75, 3.05) is 35.7 Å². The Balaban J connectivity index is 1.60. The van der Waals surface area contributed by atoms with Gasteiger partial charge < -0.3 is 4.90 Å². The van der Waals surface area contributed by atoms with Gasteiger partial charge in [0.1, 0.15) is 11.6 Å². The van der Waals surface area contributed by atoms with E-state index in [4.69, 9.17) is 0 Å². The molecule has 5 nitrogen and oxygen atoms in total. The number of para-hydroxylation sites is 1. The summed E-state index contributed by atoms with van der Waals surface area (Å²) >= 11 is 1.45. The molecule has 0 unspecified atom stereocenters. The number of pyridine rings is 1. The first-order valence-electron chi connectivity index (χ1n) is 10.4. The summed E-state index contributed by atoms with van der Waals surface area (Å²) in [5.41, 5.74) is 4.14. The first-order chi connectivity index (χ1) is 14.2. The lowest BCUT2D eigenvalue weighted by Crippen LogP contribution is -2.32. The predicted octanol–water partition coefficient (Wildman–Crippen LogP) is 3.61. The number of hydrogen-bond acceptors (Lipinski definition) is 4. The number of anilines is 2. The summed E-state index contributed by atoms with van der Waals surface area (Å²) in [5.74, 6) is 1.51. The molecule has 1 fully saturated rings. The van der Waals surface area contributed by atoms with Gasteiger partial charge in [-0.25, -0.2) is 4.98 Å². The standard InChI is InChI=1S/C23H26N4OS/c1-26(17-9-3-2-4-10-17)21(28)16-29-23-20(15-24)18-11-5-6-12-19(18)22(25-23)27-13-7-8-14-27/h2-4,9-10H,5-8,11-14,16H2,1H3/p+1. The third kappa shape index (κ3) is 4.11. The molecule has 6 heteroatoms. The second-order valence-corrected chi connectivity index (χ2v) is 8.71. The zero-order valence-corrected chi connectivity index (χ0v) is 17.7. The number of rotatable bonds is 5. The third-order valence-corrected chi connectivity index (χ3v) is 6.89. The molecule has 2 aliphatic rings. The van der Waals surface area contributed by atoms with Gasteiger partial charge in [0.25, 0.3) is 5.82 Å². The molecule has 0 saturated carbocycles. The first kappa shape index (κ1) is 19.8. The molecule has 1 aromatic heterocycles. The van der Waals surface area contributed by atoms with Crippen molar-refractivity contribution in [3.8, 4) is 6.07 Å². The van der Waals surface area contributed by atoms with Gasteiger partial charge in [-0.15, -0.1) is 0 Å². The molecular weight excluding hydrogens is 380 g/mol. The fraction of sp³-hybridized carbons (Fsp3) is 0.435. The predicted molar refractivity (Wildman–Crippen MR) is 116 cm³/mol. The molecule has 29 heavy (non-hydrogen) atoms. The fourth-order valence-corrected chi connectivity index (χ4v) is 5.23. The maximum absolute atomic E-state index is 12.7. The van der Waals surface area contributed by atoms with Crippen LogP contribution in [0, 0.1) is 11.3 Å². The highest BCUT2D eigenvalue weighted by Crippen LogP contribution is 2.34. The summed E-state index contributed by atoms with van der Waals surface area (Å²) in [6, 6.07) is 12.1. The minimum Gasteiger partial charge on any atom is -0.315 e. The maximum Gasteiger partial charge on any atom is 0.278 e. The molecule has 0 atom stereocenters. The number of carbonyl (C=O) groups excluding carboxylic acids is 1. The van der Waals surface area contributed by atoms with Gasteiger partial charge in [-0.05, 0) is 56.2 Å². The molecular formula is C23H27N4OS+. The van der Waals surface area contributed by atoms with Gasteiger partial charge in [-0.2, -0.15) is 5.26 Å². The molecule has 2 heterocycles. The van der Waals surface area contributed by atoms with Crippen LogP contribution in [0.25, 0.3) is 0 Å². The number of fused-ring (bicyclic) bond motifs is 1. The largest absolute Gasteiger partial charge is 0.315 e. The fourth-order valence-electron chi connectivity index (χ4n) is 4.29. The summed E-state index contributed by atoms with van der Waals surface area (Å²) in [6.45, 7) is 2.13. The van der Waals surface area contributed by atoms with E-state index in [0.29, 0.717) is 5.75 Å². The van der Waals surface area contributed by atoms with Gasteiger partial charge in [-0.1, -0.05) is 30.0 Å². The molecule has 1 N–H and O–H groups in total. The summed E-state index contributed by atoms with van der Waals surface area (Å²) in [7, 11) is 1.80. The minimum absolute atomic E-state index is 0.0268. The van der Waals surface area contributed by atoms with E-state index in [9.17, 15) is 10.1 Å². The number of hydrogen-bond donors (Lipinski definition) is 0. The van der Waals surface area contributed by atoms with Gasteiger partial charge in [0.05, 0.1) is 18.8 Å². The Morgan fingerprint density at radius 1 is 1.14 bits per heavy atom. The summed E-state index contributed by atoms with van der Waals surface area (Å²) in [6.07, 6.45) is 6.73. The van der Waals surface area contributed by atoms with Crippen molar-refractivity contribution in [2.45, 2.75) is 43.6 Å². The van der Waals surface area contributed by atoms with Crippen molar-refractivity contribution in [1.82, 2.24) is 0 Å². The van der Waals surface area contributed by atoms with Crippen LogP contribution in [0.5, 0.6) is 0 Å². The van der Waals surface area contributed by atoms with E-state index in [1.54, 1.807) is 11.9 Å². The third-order valence-electron chi connectivity index (χ3n) is 5.91. The number of carbonyl (C=O) groups is 1. The average Bonchev–Trinajstić information content (AvgIpc) is 3.31. The smallest absolute Gasteiger partial charge is 0.278 e. The molecule has 0 bridgehead atoms. The van der Waals surface area contributed by atoms with Gasteiger partial charge in [-0.3, -0.25) is 9.69 Å². The zero-order chi connectivity index (χ0) is 20.2. The monoisotopic (exact) mass is 407 g/mol. The Kier molecular flexibility index (Phi) is 6.05. The minimum atomic E-state index is 0.0268. The van der Waals surface area contributed by atoms with Crippen molar-refractivity contribution in [2.24, 2.45) is 0 Å². The van der Waals surface area contributed by atoms with E-state index in [-0.39, 0.29) is 5.91 Å². The Morgan fingerprint density at radius 3 is 2.52 bits per heavy atom. The van der Waals surface area contributed by atoms with Crippen LogP contribution in [-0.4, -0.2) is 31.8 Å². The first-order valence-corrected chi connectivity index (χ1v) is 11.4. The van der Waals surface area contributed by atoms with Crippen LogP contribution >= 0.6 is 11.8 Å². The molecule has 1 amide bonds. The number of benzene rings is 1. The highest BCUT2D eigenvalue weighted by molar-refractivity contribution is 7.99. The molecule has 150 valence electrons. The lowest BCUT2D eigenvalue weighted by Gasteiger charge is -2.22. The van der Waals surface area contributed by atoms with E-state index >= 15 is 0 Å². The maximum atomic E-state index is 12.7. The zero-order valence-electron chi connectivity index (χ0n) is 16.9. The number of thioether (sulfide) groups is 1. The second kappa shape index (κ2) is 8.87. The summed E-state index contributed by atoms with van der Waals surface area (Å²) in [4.78, 5) is 20.4. The lowest BCUT2D eigenvalue weighted by atomic mass is 9.89. The van der Waals surface area contributed by atoms with Crippen molar-refractivity contribution in [3.63, 3.8) is 0 Å². The number of nitrogens with one attached hydrogen (secondary N) is 1. The second-order valence-electron chi connectivity index (χ2n) is 7.72. The van der Waals surface area contributed by atoms with Crippen molar-refractivity contribution in [1.29, 1.82) is 5.26 Å². The van der Waals surface area contributed by atoms with E-state index in [2.05, 4.69) is 16.0 Å². The highest BCUT2D eigenvalue weighted by atomic mass is 32.2. The molecule has 4 rings (SSSR count). The van der Waals surface area contributed by atoms with Crippen molar-refractivity contribution < 1.29 is 9.78 Å². The quantitative estimate of drug-likeness (QED) is 0.711. The molecule has 1 saturated heterocycles. The molecule has 1 aliphatic heterocycles. The molecule has 0 radical (unpaired) electrons. The van der Waals surface area contributed by atoms with Crippen LogP contribution in [0.3, 0.4) is 0 Å². The molecule has 2 aromatic rings. The van der Waals surface area contributed by atoms with E-state index in [1.807, 2.05) is 30.3 Å². The summed E-state index contributed by atoms with van der Waals surface area (Å²) in [5, 5.41) is 10.7. The van der Waals surface area contributed by atoms with E-state index in [0.717, 1.165) is 48.6 Å². The number of nitrogens with zero attached hydrogens (tertiary/aromatic N) is 3. The van der Waals surface area contributed by atoms with Crippen molar-refractivity contribution in [3.05, 3.63) is 47.0 Å². The molecule has 1 aromatic carbocycles. The highest BCUT2D eigenvalue weighted by Gasteiger charge is 2.31. The van der Waals surface area contributed by atoms with Gasteiger partial charge in [0.15, 0.2) is 5.03 Å².